The number of hydrogen-bond acceptors (Lipinski definition) is 9. The molecule has 11 nitrogen and oxygen atoms in total. The summed E-state index contributed by atoms with van der Waals surface area (Å²) in [6.07, 6.45) is 50.6. The Bertz CT molecular complexity index is 1350. The van der Waals surface area contributed by atoms with Crippen LogP contribution in [0.4, 0.5) is 0 Å². The largest absolute Gasteiger partial charge is 0.480 e. The number of carboxylic acids is 1. The Labute approximate surface area is 349 Å². The van der Waals surface area contributed by atoms with Crippen molar-refractivity contribution in [2.45, 2.75) is 154 Å². The third-order valence-corrected chi connectivity index (χ3v) is 9.27. The third kappa shape index (κ3) is 39.2. The monoisotopic (exact) mass is 832 g/mol. The Morgan fingerprint density at radius 3 is 1.45 bits per heavy atom. The highest BCUT2D eigenvalue weighted by Gasteiger charge is 2.28. The number of hydrogen-bond donors (Lipinski definition) is 3. The zero-order valence-corrected chi connectivity index (χ0v) is 36.2. The van der Waals surface area contributed by atoms with Crippen molar-refractivity contribution in [3.8, 4) is 0 Å². The molecule has 1 unspecified atom stereocenters. The van der Waals surface area contributed by atoms with Crippen molar-refractivity contribution < 1.29 is 47.5 Å². The summed E-state index contributed by atoms with van der Waals surface area (Å²) in [7, 11) is -4.75. The van der Waals surface area contributed by atoms with E-state index in [-0.39, 0.29) is 12.8 Å². The summed E-state index contributed by atoms with van der Waals surface area (Å²) in [4.78, 5) is 45.9. The summed E-state index contributed by atoms with van der Waals surface area (Å²) in [5.41, 5.74) is 5.32. The lowest BCUT2D eigenvalue weighted by Crippen LogP contribution is -2.34. The van der Waals surface area contributed by atoms with Crippen LogP contribution in [-0.4, -0.2) is 59.9 Å². The Balaban J connectivity index is 4.58. The fourth-order valence-electron chi connectivity index (χ4n) is 5.00. The Hall–Kier alpha value is -3.60. The average molecular weight is 832 g/mol. The molecule has 58 heavy (non-hydrogen) atoms. The van der Waals surface area contributed by atoms with E-state index in [9.17, 15) is 23.8 Å². The molecule has 0 fully saturated rings. The number of allylic oxidation sites excluding steroid dienone is 16. The number of aliphatic carboxylic acids is 1. The maximum atomic E-state index is 12.6. The molecule has 328 valence electrons. The first-order valence-electron chi connectivity index (χ1n) is 21.3. The molecule has 3 atom stereocenters. The maximum Gasteiger partial charge on any atom is 0.472 e. The van der Waals surface area contributed by atoms with Crippen LogP contribution >= 0.6 is 7.82 Å². The molecule has 0 radical (unpaired) electrons. The van der Waals surface area contributed by atoms with E-state index in [1.807, 2.05) is 18.2 Å². The number of nitrogens with two attached hydrogens (primary N) is 1. The number of phosphoric ester groups is 1. The number of phosphoric acid groups is 1. The summed E-state index contributed by atoms with van der Waals surface area (Å²) in [5.74, 6) is -2.54. The molecule has 0 rings (SSSR count). The van der Waals surface area contributed by atoms with Gasteiger partial charge in [0.2, 0.25) is 0 Å². The van der Waals surface area contributed by atoms with Gasteiger partial charge in [0.1, 0.15) is 12.6 Å². The van der Waals surface area contributed by atoms with E-state index in [4.69, 9.17) is 24.8 Å². The highest BCUT2D eigenvalue weighted by molar-refractivity contribution is 7.47. The van der Waals surface area contributed by atoms with Gasteiger partial charge in [-0.15, -0.1) is 0 Å². The second kappa shape index (κ2) is 40.2. The molecule has 0 heterocycles. The molecule has 0 aromatic carbocycles. The first-order valence-corrected chi connectivity index (χ1v) is 22.8. The van der Waals surface area contributed by atoms with Crippen molar-refractivity contribution in [2.24, 2.45) is 5.73 Å². The fourth-order valence-corrected chi connectivity index (χ4v) is 5.77. The minimum absolute atomic E-state index is 0.0665. The van der Waals surface area contributed by atoms with Crippen molar-refractivity contribution >= 4 is 25.7 Å². The molecule has 0 aliphatic rings. The van der Waals surface area contributed by atoms with E-state index >= 15 is 0 Å². The van der Waals surface area contributed by atoms with Crippen molar-refractivity contribution in [2.75, 3.05) is 19.8 Å². The molecule has 0 aromatic heterocycles. The summed E-state index contributed by atoms with van der Waals surface area (Å²) < 4.78 is 32.5. The first kappa shape index (κ1) is 54.4. The molecule has 0 saturated heterocycles. The van der Waals surface area contributed by atoms with Crippen LogP contribution in [0, 0.1) is 0 Å². The van der Waals surface area contributed by atoms with Gasteiger partial charge in [0.15, 0.2) is 6.10 Å². The van der Waals surface area contributed by atoms with Gasteiger partial charge in [-0.05, 0) is 83.5 Å². The normalized spacial score (nSPS) is 14.7. The first-order chi connectivity index (χ1) is 28.1. The van der Waals surface area contributed by atoms with E-state index < -0.39 is 57.7 Å². The molecule has 0 spiro atoms. The van der Waals surface area contributed by atoms with Gasteiger partial charge in [-0.1, -0.05) is 143 Å². The number of carboxylic acid groups (broad SMARTS) is 1. The Kier molecular flexibility index (Phi) is 37.7. The fraction of sp³-hybridized carbons (Fsp3) is 0.587. The van der Waals surface area contributed by atoms with Crippen molar-refractivity contribution in [3.05, 3.63) is 97.2 Å². The zero-order valence-electron chi connectivity index (χ0n) is 35.3. The number of carbonyl (C=O) groups excluding carboxylic acids is 2. The predicted molar refractivity (Wildman–Crippen MR) is 235 cm³/mol. The number of carbonyl (C=O) groups is 3. The minimum atomic E-state index is -4.75. The van der Waals surface area contributed by atoms with Crippen LogP contribution < -0.4 is 5.73 Å². The van der Waals surface area contributed by atoms with Gasteiger partial charge in [-0.25, -0.2) is 4.57 Å². The van der Waals surface area contributed by atoms with Crippen LogP contribution in [0.15, 0.2) is 97.2 Å². The molecule has 0 aliphatic carbocycles. The molecule has 0 aliphatic heterocycles. The predicted octanol–water partition coefficient (Wildman–Crippen LogP) is 11.3. The van der Waals surface area contributed by atoms with E-state index in [0.717, 1.165) is 51.4 Å². The molecular weight excluding hydrogens is 757 g/mol. The van der Waals surface area contributed by atoms with Gasteiger partial charge in [-0.3, -0.25) is 23.4 Å². The maximum absolute atomic E-state index is 12.6. The smallest absolute Gasteiger partial charge is 0.472 e. The number of rotatable bonds is 38. The molecule has 0 saturated carbocycles. The number of unbranched alkanes of at least 4 members (excludes halogenated alkanes) is 8. The van der Waals surface area contributed by atoms with Crippen LogP contribution in [0.2, 0.25) is 0 Å². The molecule has 0 aromatic rings. The van der Waals surface area contributed by atoms with Gasteiger partial charge in [-0.2, -0.15) is 0 Å². The van der Waals surface area contributed by atoms with Gasteiger partial charge in [0, 0.05) is 12.8 Å². The molecule has 0 bridgehead atoms. The van der Waals surface area contributed by atoms with Gasteiger partial charge >= 0.3 is 25.7 Å². The number of esters is 2. The lowest BCUT2D eigenvalue weighted by atomic mass is 10.1. The van der Waals surface area contributed by atoms with Crippen molar-refractivity contribution in [1.82, 2.24) is 0 Å². The number of ether oxygens (including phenoxy) is 2. The summed E-state index contributed by atoms with van der Waals surface area (Å²) in [6, 6.07) is -1.54. The Morgan fingerprint density at radius 2 is 0.966 bits per heavy atom. The van der Waals surface area contributed by atoms with Crippen LogP contribution in [0.1, 0.15) is 142 Å². The lowest BCUT2D eigenvalue weighted by Gasteiger charge is -2.20. The average Bonchev–Trinajstić information content (AvgIpc) is 3.20. The van der Waals surface area contributed by atoms with Gasteiger partial charge < -0.3 is 25.2 Å². The van der Waals surface area contributed by atoms with E-state index in [1.54, 1.807) is 0 Å². The van der Waals surface area contributed by atoms with Crippen molar-refractivity contribution in [1.29, 1.82) is 0 Å². The quantitative estimate of drug-likeness (QED) is 0.0234. The van der Waals surface area contributed by atoms with E-state index in [0.29, 0.717) is 25.7 Å². The van der Waals surface area contributed by atoms with Crippen LogP contribution in [0.25, 0.3) is 0 Å². The molecular formula is C46H74NO10P. The summed E-state index contributed by atoms with van der Waals surface area (Å²) >= 11 is 0. The Morgan fingerprint density at radius 1 is 0.552 bits per heavy atom. The van der Waals surface area contributed by atoms with Crippen LogP contribution in [-0.2, 0) is 37.5 Å². The van der Waals surface area contributed by atoms with Gasteiger partial charge in [0.25, 0.3) is 0 Å². The SMILES string of the molecule is CC/C=C/C/C=C/C/C=C/C/C=C/C/C=C/CCCC(=O)O[C@H](COC(=O)CCC/C=C/C/C=C/C/C=C/CCCCCCCC)COP(=O)(O)OC[C@H](N)C(=O)O. The summed E-state index contributed by atoms with van der Waals surface area (Å²) in [6.45, 7) is 2.55. The highest BCUT2D eigenvalue weighted by Crippen LogP contribution is 2.43. The van der Waals surface area contributed by atoms with Crippen LogP contribution in [0.3, 0.4) is 0 Å². The van der Waals surface area contributed by atoms with E-state index in [1.165, 1.54) is 38.5 Å². The van der Waals surface area contributed by atoms with Crippen molar-refractivity contribution in [3.63, 3.8) is 0 Å². The highest BCUT2D eigenvalue weighted by atomic mass is 31.2. The third-order valence-electron chi connectivity index (χ3n) is 8.32. The molecule has 12 heteroatoms. The molecule has 4 N–H and O–H groups in total. The van der Waals surface area contributed by atoms with Crippen LogP contribution in [0.5, 0.6) is 0 Å². The molecule has 0 amide bonds. The minimum Gasteiger partial charge on any atom is -0.480 e. The standard InChI is InChI=1S/C46H74NO10P/c1-3-5-7-9-11-13-15-17-19-21-23-25-27-29-31-33-35-37-44(48)54-39-42(40-55-58(52,53)56-41-43(47)46(50)51)57-45(49)38-36-34-32-30-28-26-24-22-20-18-16-14-12-10-8-6-4-2/h6,8,12,14,17-20,23-26,29-32,42-43H,3-5,7,9-11,13,15-16,21-22,27-28,33-41,47H2,1-2H3,(H,50,51)(H,52,53)/b8-6+,14-12+,19-17+,20-18+,25-23+,26-24+,31-29+,32-30+/t42-,43+/m1/s1. The summed E-state index contributed by atoms with van der Waals surface area (Å²) in [5, 5.41) is 8.88. The zero-order chi connectivity index (χ0) is 42.8. The topological polar surface area (TPSA) is 172 Å². The lowest BCUT2D eigenvalue weighted by molar-refractivity contribution is -0.161. The second-order valence-corrected chi connectivity index (χ2v) is 15.2. The van der Waals surface area contributed by atoms with Gasteiger partial charge in [0.05, 0.1) is 13.2 Å². The second-order valence-electron chi connectivity index (χ2n) is 13.7. The van der Waals surface area contributed by atoms with E-state index in [2.05, 4.69) is 97.4 Å².